The van der Waals surface area contributed by atoms with Crippen molar-refractivity contribution in [3.05, 3.63) is 53.1 Å². The van der Waals surface area contributed by atoms with Crippen molar-refractivity contribution in [3.63, 3.8) is 0 Å². The largest absolute Gasteiger partial charge is 0.417 e. The summed E-state index contributed by atoms with van der Waals surface area (Å²) in [7, 11) is 0. The quantitative estimate of drug-likeness (QED) is 0.690. The molecule has 3 rings (SSSR count). The first kappa shape index (κ1) is 15.4. The summed E-state index contributed by atoms with van der Waals surface area (Å²) in [5.74, 6) is -0.150. The molecule has 0 aliphatic heterocycles. The molecular formula is C15H9ClF3N3O. The van der Waals surface area contributed by atoms with Crippen molar-refractivity contribution >= 4 is 17.3 Å². The Balaban J connectivity index is 2.10. The third-order valence-corrected chi connectivity index (χ3v) is 3.45. The zero-order valence-electron chi connectivity index (χ0n) is 11.4. The SMILES string of the molecule is Nc1ccc(-c2noc(-c3ccccc3Cl)n2)c(C(F)(F)F)c1. The predicted molar refractivity (Wildman–Crippen MR) is 79.6 cm³/mol. The molecular weight excluding hydrogens is 331 g/mol. The normalized spacial score (nSPS) is 11.7. The maximum absolute atomic E-state index is 13.1. The van der Waals surface area contributed by atoms with Crippen LogP contribution in [-0.2, 0) is 6.18 Å². The number of nitrogen functional groups attached to an aromatic ring is 1. The monoisotopic (exact) mass is 339 g/mol. The van der Waals surface area contributed by atoms with Gasteiger partial charge in [-0.1, -0.05) is 28.9 Å². The minimum atomic E-state index is -4.59. The molecule has 3 aromatic rings. The van der Waals surface area contributed by atoms with Gasteiger partial charge in [-0.25, -0.2) is 0 Å². The first-order valence-electron chi connectivity index (χ1n) is 6.42. The number of aromatic nitrogens is 2. The van der Waals surface area contributed by atoms with Crippen LogP contribution in [-0.4, -0.2) is 10.1 Å². The third kappa shape index (κ3) is 3.00. The molecule has 0 atom stereocenters. The lowest BCUT2D eigenvalue weighted by molar-refractivity contribution is -0.137. The van der Waals surface area contributed by atoms with Crippen LogP contribution in [0.4, 0.5) is 18.9 Å². The fourth-order valence-corrected chi connectivity index (χ4v) is 2.28. The second kappa shape index (κ2) is 5.58. The van der Waals surface area contributed by atoms with Gasteiger partial charge in [0.05, 0.1) is 16.1 Å². The molecule has 0 radical (unpaired) electrons. The Morgan fingerprint density at radius 3 is 2.48 bits per heavy atom. The highest BCUT2D eigenvalue weighted by Gasteiger charge is 2.35. The molecule has 0 aliphatic carbocycles. The Bertz CT molecular complexity index is 861. The Morgan fingerprint density at radius 2 is 1.78 bits per heavy atom. The molecule has 1 heterocycles. The van der Waals surface area contributed by atoms with E-state index in [1.807, 2.05) is 0 Å². The van der Waals surface area contributed by atoms with Gasteiger partial charge in [0.1, 0.15) is 0 Å². The van der Waals surface area contributed by atoms with Gasteiger partial charge in [0.25, 0.3) is 5.89 Å². The molecule has 118 valence electrons. The van der Waals surface area contributed by atoms with Gasteiger partial charge in [-0.3, -0.25) is 0 Å². The first-order valence-corrected chi connectivity index (χ1v) is 6.80. The van der Waals surface area contributed by atoms with E-state index in [0.29, 0.717) is 10.6 Å². The second-order valence-electron chi connectivity index (χ2n) is 4.71. The van der Waals surface area contributed by atoms with Crippen LogP contribution in [0.15, 0.2) is 47.0 Å². The highest BCUT2D eigenvalue weighted by molar-refractivity contribution is 6.33. The van der Waals surface area contributed by atoms with Crippen LogP contribution < -0.4 is 5.73 Å². The summed E-state index contributed by atoms with van der Waals surface area (Å²) in [6.07, 6.45) is -4.59. The van der Waals surface area contributed by atoms with E-state index in [1.54, 1.807) is 24.3 Å². The van der Waals surface area contributed by atoms with Gasteiger partial charge in [0.15, 0.2) is 0 Å². The van der Waals surface area contributed by atoms with E-state index >= 15 is 0 Å². The lowest BCUT2D eigenvalue weighted by atomic mass is 10.1. The van der Waals surface area contributed by atoms with Crippen molar-refractivity contribution < 1.29 is 17.7 Å². The van der Waals surface area contributed by atoms with Crippen LogP contribution in [0, 0.1) is 0 Å². The summed E-state index contributed by atoms with van der Waals surface area (Å²) in [6.45, 7) is 0. The molecule has 0 saturated carbocycles. The smallest absolute Gasteiger partial charge is 0.399 e. The fraction of sp³-hybridized carbons (Fsp3) is 0.0667. The van der Waals surface area contributed by atoms with Gasteiger partial charge in [0.2, 0.25) is 5.82 Å². The van der Waals surface area contributed by atoms with Gasteiger partial charge >= 0.3 is 6.18 Å². The van der Waals surface area contributed by atoms with Crippen LogP contribution in [0.1, 0.15) is 5.56 Å². The van der Waals surface area contributed by atoms with Gasteiger partial charge < -0.3 is 10.3 Å². The molecule has 0 unspecified atom stereocenters. The minimum Gasteiger partial charge on any atom is -0.399 e. The number of alkyl halides is 3. The van der Waals surface area contributed by atoms with E-state index in [2.05, 4.69) is 10.1 Å². The number of halogens is 4. The Morgan fingerprint density at radius 1 is 1.04 bits per heavy atom. The number of rotatable bonds is 2. The lowest BCUT2D eigenvalue weighted by Gasteiger charge is -2.10. The summed E-state index contributed by atoms with van der Waals surface area (Å²) in [4.78, 5) is 4.01. The number of benzene rings is 2. The van der Waals surface area contributed by atoms with Gasteiger partial charge in [-0.15, -0.1) is 0 Å². The van der Waals surface area contributed by atoms with E-state index < -0.39 is 11.7 Å². The summed E-state index contributed by atoms with van der Waals surface area (Å²) in [5.41, 5.74) is 4.73. The standard InChI is InChI=1S/C15H9ClF3N3O/c16-12-4-2-1-3-10(12)14-21-13(22-23-14)9-6-5-8(20)7-11(9)15(17,18)19/h1-7H,20H2. The van der Waals surface area contributed by atoms with Crippen molar-refractivity contribution in [2.45, 2.75) is 6.18 Å². The highest BCUT2D eigenvalue weighted by Crippen LogP contribution is 2.38. The molecule has 1 aromatic heterocycles. The van der Waals surface area contributed by atoms with Crippen LogP contribution in [0.3, 0.4) is 0 Å². The molecule has 0 fully saturated rings. The average Bonchev–Trinajstić information content (AvgIpc) is 2.96. The van der Waals surface area contributed by atoms with E-state index in [0.717, 1.165) is 6.07 Å². The van der Waals surface area contributed by atoms with Crippen LogP contribution in [0.25, 0.3) is 22.8 Å². The zero-order valence-corrected chi connectivity index (χ0v) is 12.2. The molecule has 23 heavy (non-hydrogen) atoms. The van der Waals surface area contributed by atoms with E-state index in [4.69, 9.17) is 21.9 Å². The van der Waals surface area contributed by atoms with Crippen molar-refractivity contribution in [1.82, 2.24) is 10.1 Å². The molecule has 0 bridgehead atoms. The molecule has 0 saturated heterocycles. The van der Waals surface area contributed by atoms with Crippen molar-refractivity contribution in [2.75, 3.05) is 5.73 Å². The lowest BCUT2D eigenvalue weighted by Crippen LogP contribution is -2.08. The Hall–Kier alpha value is -2.54. The summed E-state index contributed by atoms with van der Waals surface area (Å²) in [5, 5.41) is 3.98. The Kier molecular flexibility index (Phi) is 3.73. The number of anilines is 1. The zero-order chi connectivity index (χ0) is 16.6. The van der Waals surface area contributed by atoms with Gasteiger partial charge in [-0.05, 0) is 30.3 Å². The molecule has 0 spiro atoms. The van der Waals surface area contributed by atoms with E-state index in [1.165, 1.54) is 12.1 Å². The fourth-order valence-electron chi connectivity index (χ4n) is 2.07. The molecule has 2 N–H and O–H groups in total. The summed E-state index contributed by atoms with van der Waals surface area (Å²) in [6, 6.07) is 10.1. The van der Waals surface area contributed by atoms with Crippen molar-refractivity contribution in [2.24, 2.45) is 0 Å². The summed E-state index contributed by atoms with van der Waals surface area (Å²) >= 11 is 6.01. The van der Waals surface area contributed by atoms with Gasteiger partial charge in [-0.2, -0.15) is 18.2 Å². The predicted octanol–water partition coefficient (Wildman–Crippen LogP) is 4.66. The molecule has 2 aromatic carbocycles. The Labute approximate surface area is 133 Å². The third-order valence-electron chi connectivity index (χ3n) is 3.12. The second-order valence-corrected chi connectivity index (χ2v) is 5.11. The van der Waals surface area contributed by atoms with Crippen LogP contribution in [0.2, 0.25) is 5.02 Å². The van der Waals surface area contributed by atoms with Gasteiger partial charge in [0, 0.05) is 11.3 Å². The highest BCUT2D eigenvalue weighted by atomic mass is 35.5. The molecule has 0 amide bonds. The first-order chi connectivity index (χ1) is 10.9. The number of nitrogens with zero attached hydrogens (tertiary/aromatic N) is 2. The molecule has 4 nitrogen and oxygen atoms in total. The number of hydrogen-bond acceptors (Lipinski definition) is 4. The van der Waals surface area contributed by atoms with Crippen LogP contribution in [0.5, 0.6) is 0 Å². The maximum atomic E-state index is 13.1. The minimum absolute atomic E-state index is 0.00380. The number of hydrogen-bond donors (Lipinski definition) is 1. The van der Waals surface area contributed by atoms with E-state index in [9.17, 15) is 13.2 Å². The topological polar surface area (TPSA) is 64.9 Å². The van der Waals surface area contributed by atoms with Crippen molar-refractivity contribution in [3.8, 4) is 22.8 Å². The van der Waals surface area contributed by atoms with Crippen LogP contribution >= 0.6 is 11.6 Å². The van der Waals surface area contributed by atoms with E-state index in [-0.39, 0.29) is 23.0 Å². The molecule has 0 aliphatic rings. The number of nitrogens with two attached hydrogens (primary N) is 1. The summed E-state index contributed by atoms with van der Waals surface area (Å²) < 4.78 is 44.5. The molecule has 8 heteroatoms. The van der Waals surface area contributed by atoms with Crippen molar-refractivity contribution in [1.29, 1.82) is 0 Å². The average molecular weight is 340 g/mol. The maximum Gasteiger partial charge on any atom is 0.417 e.